The van der Waals surface area contributed by atoms with Gasteiger partial charge in [-0.05, 0) is 49.1 Å². The Kier molecular flexibility index (Phi) is 5.38. The van der Waals surface area contributed by atoms with Crippen molar-refractivity contribution in [3.63, 3.8) is 0 Å². The van der Waals surface area contributed by atoms with Crippen molar-refractivity contribution in [2.45, 2.75) is 46.1 Å². The van der Waals surface area contributed by atoms with Crippen LogP contribution in [0.15, 0.2) is 36.4 Å². The molecule has 0 saturated heterocycles. The van der Waals surface area contributed by atoms with Crippen molar-refractivity contribution in [1.82, 2.24) is 5.32 Å². The highest BCUT2D eigenvalue weighted by atomic mass is 32.1. The molecule has 20 heavy (non-hydrogen) atoms. The molecule has 0 radical (unpaired) electrons. The molecule has 0 spiro atoms. The molecule has 0 aliphatic carbocycles. The average Bonchev–Trinajstić information content (AvgIpc) is 2.94. The van der Waals surface area contributed by atoms with E-state index in [0.29, 0.717) is 12.0 Å². The van der Waals surface area contributed by atoms with Gasteiger partial charge in [-0.3, -0.25) is 0 Å². The summed E-state index contributed by atoms with van der Waals surface area (Å²) in [6, 6.07) is 13.9. The SMILES string of the molecule is CCCNC(C)c1ccc(-c2cccc(C(C)C)c2)s1. The van der Waals surface area contributed by atoms with Crippen LogP contribution in [0.3, 0.4) is 0 Å². The van der Waals surface area contributed by atoms with E-state index in [4.69, 9.17) is 0 Å². The number of rotatable bonds is 6. The van der Waals surface area contributed by atoms with E-state index in [1.807, 2.05) is 11.3 Å². The van der Waals surface area contributed by atoms with Gasteiger partial charge in [-0.15, -0.1) is 11.3 Å². The topological polar surface area (TPSA) is 12.0 Å². The zero-order valence-corrected chi connectivity index (χ0v) is 13.8. The molecule has 1 atom stereocenters. The van der Waals surface area contributed by atoms with Crippen molar-refractivity contribution in [2.75, 3.05) is 6.54 Å². The van der Waals surface area contributed by atoms with Gasteiger partial charge < -0.3 is 5.32 Å². The molecule has 0 amide bonds. The Hall–Kier alpha value is -1.12. The fourth-order valence-electron chi connectivity index (χ4n) is 2.25. The van der Waals surface area contributed by atoms with Crippen molar-refractivity contribution in [1.29, 1.82) is 0 Å². The summed E-state index contributed by atoms with van der Waals surface area (Å²) in [4.78, 5) is 2.79. The van der Waals surface area contributed by atoms with Crippen molar-refractivity contribution in [3.8, 4) is 10.4 Å². The van der Waals surface area contributed by atoms with Crippen LogP contribution in [-0.4, -0.2) is 6.54 Å². The maximum atomic E-state index is 3.55. The Morgan fingerprint density at radius 2 is 1.90 bits per heavy atom. The van der Waals surface area contributed by atoms with Gasteiger partial charge in [0, 0.05) is 15.8 Å². The normalized spacial score (nSPS) is 12.8. The Labute approximate surface area is 127 Å². The van der Waals surface area contributed by atoms with Gasteiger partial charge >= 0.3 is 0 Å². The maximum Gasteiger partial charge on any atom is 0.0386 e. The fourth-order valence-corrected chi connectivity index (χ4v) is 3.28. The quantitative estimate of drug-likeness (QED) is 0.729. The summed E-state index contributed by atoms with van der Waals surface area (Å²) in [7, 11) is 0. The first kappa shape index (κ1) is 15.3. The standard InChI is InChI=1S/C18H25NS/c1-5-11-19-14(4)17-9-10-18(20-17)16-8-6-7-15(12-16)13(2)3/h6-10,12-14,19H,5,11H2,1-4H3. The van der Waals surface area contributed by atoms with E-state index in [2.05, 4.69) is 69.4 Å². The van der Waals surface area contributed by atoms with Gasteiger partial charge in [0.05, 0.1) is 0 Å². The fraction of sp³-hybridized carbons (Fsp3) is 0.444. The van der Waals surface area contributed by atoms with Crippen LogP contribution in [0.25, 0.3) is 10.4 Å². The van der Waals surface area contributed by atoms with Crippen LogP contribution < -0.4 is 5.32 Å². The summed E-state index contributed by atoms with van der Waals surface area (Å²) >= 11 is 1.90. The summed E-state index contributed by atoms with van der Waals surface area (Å²) in [5.74, 6) is 0.583. The lowest BCUT2D eigenvalue weighted by Gasteiger charge is -2.10. The molecule has 1 unspecified atom stereocenters. The predicted molar refractivity (Wildman–Crippen MR) is 90.6 cm³/mol. The van der Waals surface area contributed by atoms with Crippen molar-refractivity contribution >= 4 is 11.3 Å². The lowest BCUT2D eigenvalue weighted by atomic mass is 10.0. The molecular weight excluding hydrogens is 262 g/mol. The molecule has 0 aliphatic rings. The van der Waals surface area contributed by atoms with E-state index in [9.17, 15) is 0 Å². The van der Waals surface area contributed by atoms with Crippen LogP contribution in [0.1, 0.15) is 56.5 Å². The van der Waals surface area contributed by atoms with E-state index in [1.165, 1.54) is 27.3 Å². The summed E-state index contributed by atoms with van der Waals surface area (Å²) < 4.78 is 0. The third kappa shape index (κ3) is 3.71. The van der Waals surface area contributed by atoms with Crippen molar-refractivity contribution < 1.29 is 0 Å². The average molecular weight is 287 g/mol. The van der Waals surface area contributed by atoms with Crippen LogP contribution in [0.4, 0.5) is 0 Å². The first-order chi connectivity index (χ1) is 9.61. The molecule has 0 aliphatic heterocycles. The highest BCUT2D eigenvalue weighted by molar-refractivity contribution is 7.15. The number of hydrogen-bond donors (Lipinski definition) is 1. The zero-order valence-electron chi connectivity index (χ0n) is 12.9. The van der Waals surface area contributed by atoms with E-state index in [0.717, 1.165) is 6.54 Å². The molecule has 2 heteroatoms. The molecular formula is C18H25NS. The van der Waals surface area contributed by atoms with Crippen LogP contribution in [0.2, 0.25) is 0 Å². The third-order valence-corrected chi connectivity index (χ3v) is 4.91. The van der Waals surface area contributed by atoms with Crippen molar-refractivity contribution in [2.24, 2.45) is 0 Å². The third-order valence-electron chi connectivity index (χ3n) is 3.59. The van der Waals surface area contributed by atoms with Crippen molar-refractivity contribution in [3.05, 3.63) is 46.8 Å². The Balaban J connectivity index is 2.18. The molecule has 108 valence electrons. The largest absolute Gasteiger partial charge is 0.309 e. The van der Waals surface area contributed by atoms with E-state index >= 15 is 0 Å². The first-order valence-corrected chi connectivity index (χ1v) is 8.37. The number of benzene rings is 1. The first-order valence-electron chi connectivity index (χ1n) is 7.55. The molecule has 1 aromatic heterocycles. The van der Waals surface area contributed by atoms with E-state index in [1.54, 1.807) is 0 Å². The smallest absolute Gasteiger partial charge is 0.0386 e. The second kappa shape index (κ2) is 7.05. The van der Waals surface area contributed by atoms with Crippen LogP contribution in [-0.2, 0) is 0 Å². The molecule has 1 N–H and O–H groups in total. The summed E-state index contributed by atoms with van der Waals surface area (Å²) in [5.41, 5.74) is 2.75. The Morgan fingerprint density at radius 3 is 2.60 bits per heavy atom. The zero-order chi connectivity index (χ0) is 14.5. The van der Waals surface area contributed by atoms with Gasteiger partial charge in [0.15, 0.2) is 0 Å². The van der Waals surface area contributed by atoms with Gasteiger partial charge in [-0.1, -0.05) is 45.0 Å². The molecule has 1 heterocycles. The molecule has 2 aromatic rings. The lowest BCUT2D eigenvalue weighted by molar-refractivity contribution is 0.578. The second-order valence-electron chi connectivity index (χ2n) is 5.66. The Bertz CT molecular complexity index is 542. The molecule has 0 bridgehead atoms. The maximum absolute atomic E-state index is 3.55. The Morgan fingerprint density at radius 1 is 1.10 bits per heavy atom. The summed E-state index contributed by atoms with van der Waals surface area (Å²) in [6.07, 6.45) is 1.18. The summed E-state index contributed by atoms with van der Waals surface area (Å²) in [5, 5.41) is 3.55. The summed E-state index contributed by atoms with van der Waals surface area (Å²) in [6.45, 7) is 10.0. The minimum Gasteiger partial charge on any atom is -0.309 e. The molecule has 0 fully saturated rings. The molecule has 0 saturated carbocycles. The lowest BCUT2D eigenvalue weighted by Crippen LogP contribution is -2.18. The minimum absolute atomic E-state index is 0.446. The predicted octanol–water partition coefficient (Wildman–Crippen LogP) is 5.60. The van der Waals surface area contributed by atoms with Gasteiger partial charge in [-0.25, -0.2) is 0 Å². The van der Waals surface area contributed by atoms with Crippen LogP contribution in [0, 0.1) is 0 Å². The number of hydrogen-bond acceptors (Lipinski definition) is 2. The van der Waals surface area contributed by atoms with E-state index < -0.39 is 0 Å². The number of nitrogens with one attached hydrogen (secondary N) is 1. The van der Waals surface area contributed by atoms with Crippen LogP contribution in [0.5, 0.6) is 0 Å². The van der Waals surface area contributed by atoms with E-state index in [-0.39, 0.29) is 0 Å². The number of thiophene rings is 1. The highest BCUT2D eigenvalue weighted by Crippen LogP contribution is 2.32. The molecule has 1 nitrogen and oxygen atoms in total. The monoisotopic (exact) mass is 287 g/mol. The highest BCUT2D eigenvalue weighted by Gasteiger charge is 2.09. The van der Waals surface area contributed by atoms with Gasteiger partial charge in [0.2, 0.25) is 0 Å². The molecule has 1 aromatic carbocycles. The minimum atomic E-state index is 0.446. The van der Waals surface area contributed by atoms with Gasteiger partial charge in [0.1, 0.15) is 0 Å². The van der Waals surface area contributed by atoms with Crippen LogP contribution >= 0.6 is 11.3 Å². The van der Waals surface area contributed by atoms with Gasteiger partial charge in [-0.2, -0.15) is 0 Å². The molecule has 2 rings (SSSR count). The van der Waals surface area contributed by atoms with Gasteiger partial charge in [0.25, 0.3) is 0 Å². The second-order valence-corrected chi connectivity index (χ2v) is 6.77.